The molecule has 0 spiro atoms. The van der Waals surface area contributed by atoms with Crippen molar-refractivity contribution in [2.24, 2.45) is 22.7 Å². The van der Waals surface area contributed by atoms with E-state index in [4.69, 9.17) is 19.3 Å². The van der Waals surface area contributed by atoms with Gasteiger partial charge in [-0.05, 0) is 79.4 Å². The number of allylic oxidation sites excluding steroid dienone is 4. The Morgan fingerprint density at radius 1 is 0.912 bits per heavy atom. The summed E-state index contributed by atoms with van der Waals surface area (Å²) in [6.45, 7) is 1.44. The number of fused-ring (bicyclic) bond motifs is 7. The number of carbonyl (C=O) groups excluding carboxylic acids is 6. The zero-order valence-electron chi connectivity index (χ0n) is 37.4. The minimum Gasteiger partial charge on any atom is -0.481 e. The van der Waals surface area contributed by atoms with Crippen molar-refractivity contribution in [3.63, 3.8) is 0 Å². The third kappa shape index (κ3) is 9.54. The van der Waals surface area contributed by atoms with Gasteiger partial charge < -0.3 is 50.8 Å². The molecular weight excluding hydrogens is 958 g/mol. The number of hydrogen-bond donors (Lipinski definition) is 7. The molecule has 17 nitrogen and oxygen atoms in total. The number of aliphatic hydroxyl groups is 2. The SMILES string of the molecule is C[C@]12C=CC(=O)C=C1[C@@H](F)C[C@H]1[C@@H]3C[C@H]4O[C@@H](c5ccc(Cc6ccc(COCNC(=O)CNC(=O)[C@H](CCC(=O)O)NC(=O)CNC(=O)CBr)cc6)cc5)O[C@@]4(C(=O)CO)[C@@]3(C)C[C@H](O)[C@@]12F. The fourth-order valence-electron chi connectivity index (χ4n) is 11.2. The van der Waals surface area contributed by atoms with E-state index in [1.807, 2.05) is 48.5 Å². The van der Waals surface area contributed by atoms with Gasteiger partial charge in [0.2, 0.25) is 23.6 Å². The quantitative estimate of drug-likeness (QED) is 0.0608. The Labute approximate surface area is 398 Å². The van der Waals surface area contributed by atoms with Gasteiger partial charge in [0.05, 0.1) is 37.2 Å². The molecule has 20 heteroatoms. The van der Waals surface area contributed by atoms with Gasteiger partial charge in [-0.2, -0.15) is 0 Å². The lowest BCUT2D eigenvalue weighted by Gasteiger charge is -2.63. The largest absolute Gasteiger partial charge is 0.481 e. The molecule has 0 unspecified atom stereocenters. The van der Waals surface area contributed by atoms with E-state index in [1.54, 1.807) is 6.92 Å². The lowest BCUT2D eigenvalue weighted by molar-refractivity contribution is -0.235. The summed E-state index contributed by atoms with van der Waals surface area (Å²) in [7, 11) is 0. The van der Waals surface area contributed by atoms with Crippen molar-refractivity contribution in [2.45, 2.75) is 101 Å². The van der Waals surface area contributed by atoms with Crippen LogP contribution in [-0.2, 0) is 60.8 Å². The van der Waals surface area contributed by atoms with Crippen LogP contribution in [0, 0.1) is 22.7 Å². The number of aliphatic hydroxyl groups excluding tert-OH is 2. The van der Waals surface area contributed by atoms with Crippen molar-refractivity contribution in [1.29, 1.82) is 0 Å². The van der Waals surface area contributed by atoms with E-state index in [0.717, 1.165) is 22.8 Å². The normalized spacial score (nSPS) is 31.5. The molecule has 0 bridgehead atoms. The maximum atomic E-state index is 17.7. The number of amides is 4. The Balaban J connectivity index is 0.898. The number of ketones is 2. The number of hydrogen-bond acceptors (Lipinski definition) is 12. The molecule has 366 valence electrons. The lowest BCUT2D eigenvalue weighted by atomic mass is 9.44. The van der Waals surface area contributed by atoms with Crippen molar-refractivity contribution in [3.05, 3.63) is 94.6 Å². The highest BCUT2D eigenvalue weighted by molar-refractivity contribution is 9.09. The minimum absolute atomic E-state index is 0.000787. The van der Waals surface area contributed by atoms with E-state index >= 15 is 8.78 Å². The van der Waals surface area contributed by atoms with Crippen LogP contribution in [0.25, 0.3) is 0 Å². The van der Waals surface area contributed by atoms with Gasteiger partial charge in [0.15, 0.2) is 29.1 Å². The Hall–Kier alpha value is -5.25. The second kappa shape index (κ2) is 20.4. The van der Waals surface area contributed by atoms with Gasteiger partial charge in [-0.25, -0.2) is 8.78 Å². The topological polar surface area (TPSA) is 256 Å². The molecule has 5 aliphatic rings. The first-order valence-electron chi connectivity index (χ1n) is 22.4. The molecule has 0 aromatic heterocycles. The number of Topliss-reactive ketones (excluding diaryl/α,β-unsaturated/α-hetero) is 1. The van der Waals surface area contributed by atoms with Crippen molar-refractivity contribution >= 4 is 57.1 Å². The molecule has 1 heterocycles. The fourth-order valence-corrected chi connectivity index (χ4v) is 11.4. The van der Waals surface area contributed by atoms with Crippen LogP contribution in [-0.4, -0.2) is 124 Å². The predicted molar refractivity (Wildman–Crippen MR) is 240 cm³/mol. The molecule has 0 radical (unpaired) electrons. The summed E-state index contributed by atoms with van der Waals surface area (Å²) in [6, 6.07) is 13.7. The van der Waals surface area contributed by atoms with Crippen LogP contribution >= 0.6 is 15.9 Å². The van der Waals surface area contributed by atoms with Crippen LogP contribution < -0.4 is 21.3 Å². The summed E-state index contributed by atoms with van der Waals surface area (Å²) in [5.74, 6) is -6.55. The average molecular weight is 1010 g/mol. The third-order valence-electron chi connectivity index (χ3n) is 14.5. The maximum absolute atomic E-state index is 17.7. The van der Waals surface area contributed by atoms with Gasteiger partial charge in [0.1, 0.15) is 25.6 Å². The molecular formula is C48H55BrF2N4O13. The molecule has 1 aliphatic heterocycles. The summed E-state index contributed by atoms with van der Waals surface area (Å²) in [4.78, 5) is 85.8. The highest BCUT2D eigenvalue weighted by Gasteiger charge is 2.80. The second-order valence-electron chi connectivity index (χ2n) is 18.5. The molecule has 7 N–H and O–H groups in total. The Morgan fingerprint density at radius 3 is 2.24 bits per heavy atom. The Kier molecular flexibility index (Phi) is 15.2. The number of benzene rings is 2. The van der Waals surface area contributed by atoms with Gasteiger partial charge in [0, 0.05) is 28.7 Å². The summed E-state index contributed by atoms with van der Waals surface area (Å²) < 4.78 is 52.3. The van der Waals surface area contributed by atoms with Crippen molar-refractivity contribution in [2.75, 3.05) is 31.8 Å². The number of rotatable bonds is 19. The van der Waals surface area contributed by atoms with E-state index in [1.165, 1.54) is 19.1 Å². The summed E-state index contributed by atoms with van der Waals surface area (Å²) >= 11 is 2.94. The highest BCUT2D eigenvalue weighted by Crippen LogP contribution is 2.72. The zero-order valence-corrected chi connectivity index (χ0v) is 39.0. The second-order valence-corrected chi connectivity index (χ2v) is 19.1. The molecule has 11 atom stereocenters. The first kappa shape index (κ1) is 50.6. The Bertz CT molecular complexity index is 2370. The molecule has 3 saturated carbocycles. The Morgan fingerprint density at radius 2 is 1.57 bits per heavy atom. The van der Waals surface area contributed by atoms with E-state index < -0.39 is 132 Å². The number of carboxylic acid groups (broad SMARTS) is 1. The molecule has 2 aromatic rings. The minimum atomic E-state index is -2.35. The number of halogens is 3. The number of aliphatic carboxylic acids is 1. The molecule has 7 rings (SSSR count). The van der Waals surface area contributed by atoms with E-state index in [-0.39, 0.29) is 49.9 Å². The first-order chi connectivity index (χ1) is 32.3. The van der Waals surface area contributed by atoms with Crippen LogP contribution in [0.5, 0.6) is 0 Å². The lowest BCUT2D eigenvalue weighted by Crippen LogP contribution is -2.70. The smallest absolute Gasteiger partial charge is 0.303 e. The average Bonchev–Trinajstić information content (AvgIpc) is 3.82. The maximum Gasteiger partial charge on any atom is 0.303 e. The number of alkyl halides is 3. The van der Waals surface area contributed by atoms with Gasteiger partial charge >= 0.3 is 5.97 Å². The number of carboxylic acids is 1. The highest BCUT2D eigenvalue weighted by atomic mass is 79.9. The third-order valence-corrected chi connectivity index (χ3v) is 15.0. The van der Waals surface area contributed by atoms with Crippen LogP contribution in [0.15, 0.2) is 72.3 Å². The van der Waals surface area contributed by atoms with Crippen LogP contribution in [0.4, 0.5) is 8.78 Å². The summed E-state index contributed by atoms with van der Waals surface area (Å²) in [5, 5.41) is 40.6. The molecule has 1 saturated heterocycles. The van der Waals surface area contributed by atoms with E-state index in [2.05, 4.69) is 37.2 Å². The number of ether oxygens (including phenoxy) is 3. The van der Waals surface area contributed by atoms with Gasteiger partial charge in [-0.1, -0.05) is 77.5 Å². The zero-order chi connectivity index (χ0) is 49.2. The first-order valence-corrected chi connectivity index (χ1v) is 23.5. The van der Waals surface area contributed by atoms with E-state index in [9.17, 15) is 43.8 Å². The van der Waals surface area contributed by atoms with Gasteiger partial charge in [0.25, 0.3) is 0 Å². The molecule has 2 aromatic carbocycles. The molecule has 4 amide bonds. The fraction of sp³-hybridized carbons (Fsp3) is 0.521. The van der Waals surface area contributed by atoms with Crippen LogP contribution in [0.2, 0.25) is 0 Å². The van der Waals surface area contributed by atoms with E-state index in [0.29, 0.717) is 12.0 Å². The van der Waals surface area contributed by atoms with Crippen molar-refractivity contribution < 1.29 is 71.9 Å². The monoisotopic (exact) mass is 1010 g/mol. The van der Waals surface area contributed by atoms with Crippen molar-refractivity contribution in [3.8, 4) is 0 Å². The molecule has 4 aliphatic carbocycles. The van der Waals surface area contributed by atoms with Crippen LogP contribution in [0.1, 0.15) is 74.5 Å². The summed E-state index contributed by atoms with van der Waals surface area (Å²) in [6.07, 6.45) is -2.05. The van der Waals surface area contributed by atoms with Gasteiger partial charge in [-0.3, -0.25) is 33.6 Å². The van der Waals surface area contributed by atoms with Gasteiger partial charge in [-0.15, -0.1) is 0 Å². The molecule has 4 fully saturated rings. The van der Waals surface area contributed by atoms with Crippen molar-refractivity contribution in [1.82, 2.24) is 21.3 Å². The standard InChI is InChI=1S/C48H55BrF2N4O13/c1-45-14-13-30(57)16-33(45)34(50)17-32-31-18-38-48(37(59)23-56,46(31,2)19-36(58)47(32,45)51)68-44(67-38)29-9-7-27(8-10-29)15-26-3-5-28(6-4-26)24-66-25-54-40(61)21-53-43(65)35(11-12-42(63)64)55-41(62)22-52-39(60)20-49/h3-10,13-14,16,31-32,34-36,38,44,56,58H,11-12,15,17-25H2,1-2H3,(H,52,60)(H,53,65)(H,54,61)(H,55,62)(H,63,64)/t31-,32-,34-,35-,36-,38+,44+,45-,46-,47-,48+/m0/s1. The molecule has 68 heavy (non-hydrogen) atoms. The summed E-state index contributed by atoms with van der Waals surface area (Å²) in [5.41, 5.74) is -3.59. The van der Waals surface area contributed by atoms with Crippen LogP contribution in [0.3, 0.4) is 0 Å². The number of nitrogens with one attached hydrogen (secondary N) is 4. The predicted octanol–water partition coefficient (Wildman–Crippen LogP) is 2.49. The number of carbonyl (C=O) groups is 7.